The van der Waals surface area contributed by atoms with Crippen molar-refractivity contribution in [2.45, 2.75) is 12.3 Å². The number of benzene rings is 1. The smallest absolute Gasteiger partial charge is 0.308 e. The van der Waals surface area contributed by atoms with Crippen molar-refractivity contribution in [1.82, 2.24) is 4.90 Å². The van der Waals surface area contributed by atoms with Gasteiger partial charge in [-0.1, -0.05) is 12.1 Å². The normalized spacial score (nSPS) is 22.9. The molecule has 0 radical (unpaired) electrons. The van der Waals surface area contributed by atoms with E-state index in [1.54, 1.807) is 12.1 Å². The van der Waals surface area contributed by atoms with Crippen molar-refractivity contribution < 1.29 is 24.2 Å². The number of carboxylic acids is 2. The Hall–Kier alpha value is -1.95. The average Bonchev–Trinajstić information content (AvgIpc) is 2.80. The van der Waals surface area contributed by atoms with E-state index in [2.05, 4.69) is 0 Å². The minimum atomic E-state index is -0.933. The minimum absolute atomic E-state index is 0.0256. The van der Waals surface area contributed by atoms with Crippen LogP contribution in [0.3, 0.4) is 0 Å². The molecule has 1 heterocycles. The monoisotopic (exact) mass is 281 g/mol. The Kier molecular flexibility index (Phi) is 4.34. The fraction of sp³-hybridized carbons (Fsp3) is 0.429. The van der Waals surface area contributed by atoms with Crippen LogP contribution in [0.25, 0.3) is 0 Å². The van der Waals surface area contributed by atoms with Gasteiger partial charge in [-0.25, -0.2) is 4.39 Å². The lowest BCUT2D eigenvalue weighted by atomic mass is 9.89. The first-order valence-corrected chi connectivity index (χ1v) is 6.40. The van der Waals surface area contributed by atoms with E-state index in [4.69, 9.17) is 5.11 Å². The summed E-state index contributed by atoms with van der Waals surface area (Å²) in [5.74, 6) is -3.18. The first-order chi connectivity index (χ1) is 9.47. The molecule has 0 spiro atoms. The van der Waals surface area contributed by atoms with Gasteiger partial charge in [0, 0.05) is 25.6 Å². The molecule has 1 fully saturated rings. The van der Waals surface area contributed by atoms with Gasteiger partial charge >= 0.3 is 11.9 Å². The van der Waals surface area contributed by atoms with Crippen molar-refractivity contribution in [2.75, 3.05) is 19.6 Å². The second kappa shape index (κ2) is 6.00. The molecular weight excluding hydrogens is 265 g/mol. The van der Waals surface area contributed by atoms with Crippen LogP contribution in [0.5, 0.6) is 0 Å². The zero-order valence-corrected chi connectivity index (χ0v) is 10.8. The van der Waals surface area contributed by atoms with Gasteiger partial charge in [-0.15, -0.1) is 0 Å². The molecule has 2 atom stereocenters. The highest BCUT2D eigenvalue weighted by Crippen LogP contribution is 2.33. The summed E-state index contributed by atoms with van der Waals surface area (Å²) in [6.45, 7) is 1.04. The van der Waals surface area contributed by atoms with Crippen molar-refractivity contribution in [1.29, 1.82) is 0 Å². The molecular formula is C14H16FNO4. The van der Waals surface area contributed by atoms with Crippen LogP contribution < -0.4 is 0 Å². The summed E-state index contributed by atoms with van der Waals surface area (Å²) in [5, 5.41) is 17.9. The van der Waals surface area contributed by atoms with Gasteiger partial charge in [-0.05, 0) is 17.7 Å². The molecule has 0 aliphatic carbocycles. The molecule has 0 bridgehead atoms. The van der Waals surface area contributed by atoms with Gasteiger partial charge in [-0.3, -0.25) is 9.59 Å². The largest absolute Gasteiger partial charge is 0.481 e. The lowest BCUT2D eigenvalue weighted by Gasteiger charge is -2.15. The van der Waals surface area contributed by atoms with E-state index in [0.29, 0.717) is 25.2 Å². The standard InChI is InChI=1S/C14H16FNO4/c15-10-3-1-2-9(6-10)11-7-16(5-4-13(17)18)8-12(11)14(19)20/h1-3,6,11-12H,4-5,7-8H2,(H,17,18)(H,19,20)/t11-,12+/m1/s1. The van der Waals surface area contributed by atoms with E-state index in [0.717, 1.165) is 0 Å². The minimum Gasteiger partial charge on any atom is -0.481 e. The van der Waals surface area contributed by atoms with E-state index < -0.39 is 23.7 Å². The van der Waals surface area contributed by atoms with Gasteiger partial charge in [0.25, 0.3) is 0 Å². The summed E-state index contributed by atoms with van der Waals surface area (Å²) in [6.07, 6.45) is -0.0256. The molecule has 0 unspecified atom stereocenters. The number of carbonyl (C=O) groups is 2. The Bertz CT molecular complexity index is 520. The van der Waals surface area contributed by atoms with Crippen LogP contribution in [0.2, 0.25) is 0 Å². The third-order valence-electron chi connectivity index (χ3n) is 3.63. The maximum atomic E-state index is 13.3. The molecule has 108 valence electrons. The molecule has 0 aromatic heterocycles. The molecule has 1 aromatic carbocycles. The number of hydrogen-bond acceptors (Lipinski definition) is 3. The Balaban J connectivity index is 2.13. The third kappa shape index (κ3) is 3.33. The van der Waals surface area contributed by atoms with Crippen molar-refractivity contribution >= 4 is 11.9 Å². The summed E-state index contributed by atoms with van der Waals surface area (Å²) in [5.41, 5.74) is 0.648. The molecule has 1 aromatic rings. The van der Waals surface area contributed by atoms with Gasteiger partial charge in [0.05, 0.1) is 12.3 Å². The van der Waals surface area contributed by atoms with E-state index in [-0.39, 0.29) is 12.3 Å². The molecule has 1 aliphatic heterocycles. The molecule has 5 nitrogen and oxygen atoms in total. The number of hydrogen-bond donors (Lipinski definition) is 2. The number of nitrogens with zero attached hydrogens (tertiary/aromatic N) is 1. The van der Waals surface area contributed by atoms with Gasteiger partial charge in [-0.2, -0.15) is 0 Å². The second-order valence-corrected chi connectivity index (χ2v) is 5.01. The topological polar surface area (TPSA) is 77.8 Å². The van der Waals surface area contributed by atoms with Crippen molar-refractivity contribution in [2.24, 2.45) is 5.92 Å². The van der Waals surface area contributed by atoms with Crippen molar-refractivity contribution in [3.63, 3.8) is 0 Å². The molecule has 6 heteroatoms. The first kappa shape index (κ1) is 14.5. The summed E-state index contributed by atoms with van der Waals surface area (Å²) in [7, 11) is 0. The molecule has 0 saturated carbocycles. The van der Waals surface area contributed by atoms with Crippen molar-refractivity contribution in [3.8, 4) is 0 Å². The predicted octanol–water partition coefficient (Wildman–Crippen LogP) is 1.40. The highest BCUT2D eigenvalue weighted by Gasteiger charge is 2.38. The Morgan fingerprint density at radius 1 is 1.30 bits per heavy atom. The maximum absolute atomic E-state index is 13.3. The Morgan fingerprint density at radius 2 is 2.05 bits per heavy atom. The average molecular weight is 281 g/mol. The SMILES string of the molecule is O=C(O)CCN1C[C@H](C(=O)O)[C@@H](c2cccc(F)c2)C1. The van der Waals surface area contributed by atoms with Crippen LogP contribution in [0.4, 0.5) is 4.39 Å². The zero-order valence-electron chi connectivity index (χ0n) is 10.8. The summed E-state index contributed by atoms with van der Waals surface area (Å²) < 4.78 is 13.3. The van der Waals surface area contributed by atoms with E-state index in [9.17, 15) is 19.1 Å². The van der Waals surface area contributed by atoms with Crippen LogP contribution in [0.1, 0.15) is 17.9 Å². The Labute approximate surface area is 115 Å². The van der Waals surface area contributed by atoms with Gasteiger partial charge in [0.2, 0.25) is 0 Å². The van der Waals surface area contributed by atoms with Crippen LogP contribution in [-0.4, -0.2) is 46.7 Å². The molecule has 2 rings (SSSR count). The third-order valence-corrected chi connectivity index (χ3v) is 3.63. The fourth-order valence-corrected chi connectivity index (χ4v) is 2.65. The van der Waals surface area contributed by atoms with Crippen LogP contribution in [-0.2, 0) is 9.59 Å². The summed E-state index contributed by atoms with van der Waals surface area (Å²) in [6, 6.07) is 5.94. The number of rotatable bonds is 5. The van der Waals surface area contributed by atoms with Crippen LogP contribution in [0, 0.1) is 11.7 Å². The number of carboxylic acid groups (broad SMARTS) is 2. The number of aliphatic carboxylic acids is 2. The second-order valence-electron chi connectivity index (χ2n) is 5.01. The zero-order chi connectivity index (χ0) is 14.7. The van der Waals surface area contributed by atoms with E-state index in [1.165, 1.54) is 12.1 Å². The van der Waals surface area contributed by atoms with Crippen LogP contribution in [0.15, 0.2) is 24.3 Å². The Morgan fingerprint density at radius 3 is 2.65 bits per heavy atom. The summed E-state index contributed by atoms with van der Waals surface area (Å²) in [4.78, 5) is 23.7. The highest BCUT2D eigenvalue weighted by atomic mass is 19.1. The highest BCUT2D eigenvalue weighted by molar-refractivity contribution is 5.72. The number of likely N-dealkylation sites (tertiary alicyclic amines) is 1. The number of halogens is 1. The van der Waals surface area contributed by atoms with Crippen molar-refractivity contribution in [3.05, 3.63) is 35.6 Å². The van der Waals surface area contributed by atoms with Gasteiger partial charge in [0.1, 0.15) is 5.82 Å². The molecule has 0 amide bonds. The van der Waals surface area contributed by atoms with Gasteiger partial charge < -0.3 is 15.1 Å². The predicted molar refractivity (Wildman–Crippen MR) is 69.0 cm³/mol. The van der Waals surface area contributed by atoms with E-state index in [1.807, 2.05) is 4.90 Å². The lowest BCUT2D eigenvalue weighted by molar-refractivity contribution is -0.141. The van der Waals surface area contributed by atoms with Crippen LogP contribution >= 0.6 is 0 Å². The molecule has 2 N–H and O–H groups in total. The van der Waals surface area contributed by atoms with E-state index >= 15 is 0 Å². The molecule has 1 aliphatic rings. The lowest BCUT2D eigenvalue weighted by Crippen LogP contribution is -2.25. The molecule has 20 heavy (non-hydrogen) atoms. The summed E-state index contributed by atoms with van der Waals surface area (Å²) >= 11 is 0. The fourth-order valence-electron chi connectivity index (χ4n) is 2.65. The van der Waals surface area contributed by atoms with Gasteiger partial charge in [0.15, 0.2) is 0 Å². The first-order valence-electron chi connectivity index (χ1n) is 6.40. The quantitative estimate of drug-likeness (QED) is 0.853. The molecule has 1 saturated heterocycles. The maximum Gasteiger partial charge on any atom is 0.308 e.